The molecular formula is C16H21N3O2. The predicted molar refractivity (Wildman–Crippen MR) is 81.0 cm³/mol. The topological polar surface area (TPSA) is 48.3 Å². The van der Waals surface area contributed by atoms with Gasteiger partial charge in [0.25, 0.3) is 0 Å². The molecule has 1 aliphatic heterocycles. The second-order valence-electron chi connectivity index (χ2n) is 5.12. The van der Waals surface area contributed by atoms with E-state index in [-0.39, 0.29) is 6.04 Å². The van der Waals surface area contributed by atoms with E-state index < -0.39 is 0 Å². The van der Waals surface area contributed by atoms with Gasteiger partial charge in [-0.3, -0.25) is 4.68 Å². The number of nitrogens with one attached hydrogen (secondary N) is 1. The highest BCUT2D eigenvalue weighted by molar-refractivity contribution is 5.45. The summed E-state index contributed by atoms with van der Waals surface area (Å²) in [6.07, 6.45) is 2.81. The molecule has 0 amide bonds. The van der Waals surface area contributed by atoms with Crippen molar-refractivity contribution < 1.29 is 9.47 Å². The van der Waals surface area contributed by atoms with E-state index in [9.17, 15) is 0 Å². The van der Waals surface area contributed by atoms with Crippen LogP contribution in [0, 0.1) is 0 Å². The van der Waals surface area contributed by atoms with Gasteiger partial charge in [0.15, 0.2) is 5.75 Å². The molecule has 0 fully saturated rings. The van der Waals surface area contributed by atoms with Crippen LogP contribution in [0.5, 0.6) is 11.5 Å². The third-order valence-electron chi connectivity index (χ3n) is 4.04. The first-order valence-corrected chi connectivity index (χ1v) is 7.28. The Morgan fingerprint density at radius 3 is 2.90 bits per heavy atom. The Morgan fingerprint density at radius 1 is 1.33 bits per heavy atom. The average Bonchev–Trinajstić information content (AvgIpc) is 2.96. The van der Waals surface area contributed by atoms with Crippen LogP contribution in [0.25, 0.3) is 0 Å². The molecule has 1 aromatic carbocycles. The maximum Gasteiger partial charge on any atom is 0.161 e. The third-order valence-corrected chi connectivity index (χ3v) is 4.04. The smallest absolute Gasteiger partial charge is 0.161 e. The summed E-state index contributed by atoms with van der Waals surface area (Å²) in [6, 6.07) is 6.37. The van der Waals surface area contributed by atoms with Gasteiger partial charge in [-0.15, -0.1) is 0 Å². The van der Waals surface area contributed by atoms with Gasteiger partial charge in [-0.05, 0) is 36.6 Å². The maximum atomic E-state index is 5.50. The molecule has 0 spiro atoms. The predicted octanol–water partition coefficient (Wildman–Crippen LogP) is 2.16. The van der Waals surface area contributed by atoms with Crippen LogP contribution >= 0.6 is 0 Å². The van der Waals surface area contributed by atoms with Gasteiger partial charge in [-0.1, -0.05) is 6.07 Å². The fourth-order valence-electron chi connectivity index (χ4n) is 2.98. The molecule has 1 atom stereocenters. The van der Waals surface area contributed by atoms with E-state index in [1.54, 1.807) is 20.4 Å². The highest BCUT2D eigenvalue weighted by atomic mass is 16.5. The molecule has 0 bridgehead atoms. The van der Waals surface area contributed by atoms with E-state index in [1.165, 1.54) is 11.1 Å². The molecular weight excluding hydrogens is 266 g/mol. The standard InChI is InChI=1S/C16H21N3O2/c1-4-19-16(14(21-3)10-18-19)15-13-9-12(20-2)6-5-11(13)7-8-17-15/h5-6,9-10,15,17H,4,7-8H2,1-3H3. The summed E-state index contributed by atoms with van der Waals surface area (Å²) < 4.78 is 12.9. The van der Waals surface area contributed by atoms with E-state index in [0.29, 0.717) is 0 Å². The van der Waals surface area contributed by atoms with Gasteiger partial charge in [-0.25, -0.2) is 0 Å². The second kappa shape index (κ2) is 5.77. The number of methoxy groups -OCH3 is 2. The van der Waals surface area contributed by atoms with Gasteiger partial charge in [0.1, 0.15) is 11.4 Å². The SMILES string of the molecule is CCn1ncc(OC)c1C1NCCc2ccc(OC)cc21. The summed E-state index contributed by atoms with van der Waals surface area (Å²) in [5, 5.41) is 8.00. The molecule has 2 heterocycles. The van der Waals surface area contributed by atoms with Crippen LogP contribution in [-0.2, 0) is 13.0 Å². The summed E-state index contributed by atoms with van der Waals surface area (Å²) in [4.78, 5) is 0. The van der Waals surface area contributed by atoms with Crippen molar-refractivity contribution >= 4 is 0 Å². The second-order valence-corrected chi connectivity index (χ2v) is 5.12. The van der Waals surface area contributed by atoms with Gasteiger partial charge < -0.3 is 14.8 Å². The van der Waals surface area contributed by atoms with Crippen molar-refractivity contribution in [1.29, 1.82) is 0 Å². The Morgan fingerprint density at radius 2 is 2.19 bits per heavy atom. The lowest BCUT2D eigenvalue weighted by molar-refractivity contribution is 0.394. The van der Waals surface area contributed by atoms with Gasteiger partial charge in [-0.2, -0.15) is 5.10 Å². The molecule has 0 saturated carbocycles. The summed E-state index contributed by atoms with van der Waals surface area (Å²) in [7, 11) is 3.39. The van der Waals surface area contributed by atoms with Crippen molar-refractivity contribution in [3.05, 3.63) is 41.2 Å². The van der Waals surface area contributed by atoms with E-state index in [1.807, 2.05) is 10.7 Å². The molecule has 21 heavy (non-hydrogen) atoms. The van der Waals surface area contributed by atoms with Crippen molar-refractivity contribution in [2.45, 2.75) is 25.9 Å². The van der Waals surface area contributed by atoms with Crippen LogP contribution in [-0.4, -0.2) is 30.5 Å². The lowest BCUT2D eigenvalue weighted by Gasteiger charge is -2.28. The van der Waals surface area contributed by atoms with E-state index in [0.717, 1.165) is 36.7 Å². The normalized spacial score (nSPS) is 17.4. The molecule has 0 radical (unpaired) electrons. The van der Waals surface area contributed by atoms with Crippen molar-refractivity contribution in [3.63, 3.8) is 0 Å². The van der Waals surface area contributed by atoms with Gasteiger partial charge in [0.05, 0.1) is 26.5 Å². The molecule has 5 nitrogen and oxygen atoms in total. The van der Waals surface area contributed by atoms with Crippen LogP contribution in [0.2, 0.25) is 0 Å². The first-order chi connectivity index (χ1) is 10.3. The fourth-order valence-corrected chi connectivity index (χ4v) is 2.98. The van der Waals surface area contributed by atoms with Crippen molar-refractivity contribution in [2.75, 3.05) is 20.8 Å². The molecule has 1 aromatic heterocycles. The number of hydrogen-bond acceptors (Lipinski definition) is 4. The molecule has 1 aliphatic rings. The Bertz CT molecular complexity index is 615. The minimum Gasteiger partial charge on any atom is -0.497 e. The minimum atomic E-state index is 0.0845. The number of ether oxygens (including phenoxy) is 2. The Hall–Kier alpha value is -2.01. The molecule has 1 N–H and O–H groups in total. The first-order valence-electron chi connectivity index (χ1n) is 7.28. The number of aromatic nitrogens is 2. The largest absolute Gasteiger partial charge is 0.497 e. The van der Waals surface area contributed by atoms with Crippen LogP contribution < -0.4 is 14.8 Å². The summed E-state index contributed by atoms with van der Waals surface area (Å²) >= 11 is 0. The average molecular weight is 287 g/mol. The zero-order chi connectivity index (χ0) is 14.8. The van der Waals surface area contributed by atoms with Gasteiger partial charge >= 0.3 is 0 Å². The van der Waals surface area contributed by atoms with Crippen molar-refractivity contribution in [3.8, 4) is 11.5 Å². The molecule has 3 rings (SSSR count). The minimum absolute atomic E-state index is 0.0845. The summed E-state index contributed by atoms with van der Waals surface area (Å²) in [6.45, 7) is 3.85. The Balaban J connectivity index is 2.11. The Kier molecular flexibility index (Phi) is 3.84. The van der Waals surface area contributed by atoms with Crippen LogP contribution in [0.4, 0.5) is 0 Å². The number of nitrogens with zero attached hydrogens (tertiary/aromatic N) is 2. The summed E-state index contributed by atoms with van der Waals surface area (Å²) in [5.41, 5.74) is 3.67. The van der Waals surface area contributed by atoms with Crippen LogP contribution in [0.15, 0.2) is 24.4 Å². The van der Waals surface area contributed by atoms with Crippen LogP contribution in [0.3, 0.4) is 0 Å². The van der Waals surface area contributed by atoms with E-state index >= 15 is 0 Å². The molecule has 5 heteroatoms. The van der Waals surface area contributed by atoms with Crippen molar-refractivity contribution in [2.24, 2.45) is 0 Å². The molecule has 0 aliphatic carbocycles. The summed E-state index contributed by atoms with van der Waals surface area (Å²) in [5.74, 6) is 1.70. The zero-order valence-corrected chi connectivity index (χ0v) is 12.7. The lowest BCUT2D eigenvalue weighted by atomic mass is 9.92. The number of fused-ring (bicyclic) bond motifs is 1. The maximum absolute atomic E-state index is 5.50. The molecule has 0 saturated heterocycles. The Labute approximate surface area is 124 Å². The van der Waals surface area contributed by atoms with E-state index in [2.05, 4.69) is 29.5 Å². The number of hydrogen-bond donors (Lipinski definition) is 1. The highest BCUT2D eigenvalue weighted by Crippen LogP contribution is 2.35. The van der Waals surface area contributed by atoms with Gasteiger partial charge in [0, 0.05) is 13.1 Å². The first kappa shape index (κ1) is 13.9. The zero-order valence-electron chi connectivity index (χ0n) is 12.7. The molecule has 2 aromatic rings. The fraction of sp³-hybridized carbons (Fsp3) is 0.438. The van der Waals surface area contributed by atoms with Crippen LogP contribution in [0.1, 0.15) is 29.8 Å². The highest BCUT2D eigenvalue weighted by Gasteiger charge is 2.27. The van der Waals surface area contributed by atoms with Gasteiger partial charge in [0.2, 0.25) is 0 Å². The quantitative estimate of drug-likeness (QED) is 0.936. The van der Waals surface area contributed by atoms with Crippen molar-refractivity contribution in [1.82, 2.24) is 15.1 Å². The van der Waals surface area contributed by atoms with E-state index in [4.69, 9.17) is 9.47 Å². The molecule has 1 unspecified atom stereocenters. The lowest BCUT2D eigenvalue weighted by Crippen LogP contribution is -2.32. The number of aryl methyl sites for hydroxylation is 1. The molecule has 112 valence electrons. The monoisotopic (exact) mass is 287 g/mol. The number of benzene rings is 1. The third kappa shape index (κ3) is 2.38. The number of rotatable bonds is 4.